The van der Waals surface area contributed by atoms with Gasteiger partial charge in [0.1, 0.15) is 6.10 Å². The van der Waals surface area contributed by atoms with Crippen molar-refractivity contribution in [3.05, 3.63) is 82.9 Å². The molecule has 1 aliphatic rings. The maximum atomic E-state index is 6.10. The molecule has 3 aromatic rings. The highest BCUT2D eigenvalue weighted by atomic mass is 16.5. The van der Waals surface area contributed by atoms with Crippen LogP contribution in [0.3, 0.4) is 0 Å². The lowest BCUT2D eigenvalue weighted by Gasteiger charge is -2.10. The maximum Gasteiger partial charge on any atom is 0.217 e. The predicted octanol–water partition coefficient (Wildman–Crippen LogP) is 5.04. The van der Waals surface area contributed by atoms with Gasteiger partial charge >= 0.3 is 0 Å². The van der Waals surface area contributed by atoms with Crippen LogP contribution < -0.4 is 4.74 Å². The number of hydrogen-bond acceptors (Lipinski definition) is 2. The van der Waals surface area contributed by atoms with Gasteiger partial charge in [0.05, 0.1) is 5.69 Å². The van der Waals surface area contributed by atoms with E-state index in [-0.39, 0.29) is 6.10 Å². The Morgan fingerprint density at radius 2 is 1.65 bits per heavy atom. The second-order valence-corrected chi connectivity index (χ2v) is 6.26. The minimum absolute atomic E-state index is 0.0770. The first kappa shape index (κ1) is 14.0. The zero-order chi connectivity index (χ0) is 15.8. The van der Waals surface area contributed by atoms with Crippen molar-refractivity contribution >= 4 is 0 Å². The number of benzene rings is 2. The van der Waals surface area contributed by atoms with E-state index in [0.717, 1.165) is 23.6 Å². The van der Waals surface area contributed by atoms with Crippen LogP contribution in [0.15, 0.2) is 60.7 Å². The summed E-state index contributed by atoms with van der Waals surface area (Å²) in [6.07, 6.45) is 0.965. The van der Waals surface area contributed by atoms with Crippen LogP contribution >= 0.6 is 0 Å². The molecule has 4 rings (SSSR count). The highest BCUT2D eigenvalue weighted by Crippen LogP contribution is 2.36. The first-order valence-electron chi connectivity index (χ1n) is 7.99. The van der Waals surface area contributed by atoms with Gasteiger partial charge in [-0.3, -0.25) is 0 Å². The van der Waals surface area contributed by atoms with Crippen molar-refractivity contribution in [3.8, 4) is 17.1 Å². The molecule has 0 spiro atoms. The summed E-state index contributed by atoms with van der Waals surface area (Å²) in [5.41, 5.74) is 7.03. The molecule has 2 heterocycles. The highest BCUT2D eigenvalue weighted by Gasteiger charge is 2.25. The Balaban J connectivity index is 1.67. The zero-order valence-electron chi connectivity index (χ0n) is 13.4. The van der Waals surface area contributed by atoms with Gasteiger partial charge in [-0.15, -0.1) is 0 Å². The van der Waals surface area contributed by atoms with Gasteiger partial charge in [-0.2, -0.15) is 0 Å². The molecule has 23 heavy (non-hydrogen) atoms. The van der Waals surface area contributed by atoms with Crippen LogP contribution in [0.25, 0.3) is 11.3 Å². The van der Waals surface area contributed by atoms with Crippen LogP contribution in [0.5, 0.6) is 5.88 Å². The fourth-order valence-electron chi connectivity index (χ4n) is 3.24. The summed E-state index contributed by atoms with van der Waals surface area (Å²) >= 11 is 0. The van der Waals surface area contributed by atoms with Crippen LogP contribution in [0.2, 0.25) is 0 Å². The van der Waals surface area contributed by atoms with E-state index in [1.807, 2.05) is 6.07 Å². The van der Waals surface area contributed by atoms with Crippen molar-refractivity contribution in [2.45, 2.75) is 26.4 Å². The Morgan fingerprint density at radius 1 is 0.913 bits per heavy atom. The van der Waals surface area contributed by atoms with Gasteiger partial charge < -0.3 is 4.74 Å². The van der Waals surface area contributed by atoms with Crippen LogP contribution in [0.1, 0.15) is 28.4 Å². The third-order valence-electron chi connectivity index (χ3n) is 4.29. The van der Waals surface area contributed by atoms with Crippen molar-refractivity contribution in [1.29, 1.82) is 0 Å². The molecular formula is C21H19NO. The summed E-state index contributed by atoms with van der Waals surface area (Å²) in [5.74, 6) is 0.774. The Kier molecular flexibility index (Phi) is 3.38. The van der Waals surface area contributed by atoms with Gasteiger partial charge in [-0.05, 0) is 37.6 Å². The fourth-order valence-corrected chi connectivity index (χ4v) is 3.24. The molecule has 1 aromatic heterocycles. The van der Waals surface area contributed by atoms with Gasteiger partial charge in [0.15, 0.2) is 0 Å². The minimum atomic E-state index is 0.0770. The van der Waals surface area contributed by atoms with Crippen LogP contribution in [0, 0.1) is 13.8 Å². The minimum Gasteiger partial charge on any atom is -0.469 e. The zero-order valence-corrected chi connectivity index (χ0v) is 13.4. The van der Waals surface area contributed by atoms with Crippen LogP contribution in [-0.2, 0) is 6.42 Å². The van der Waals surface area contributed by atoms with Crippen molar-refractivity contribution in [2.75, 3.05) is 0 Å². The van der Waals surface area contributed by atoms with E-state index in [0.29, 0.717) is 0 Å². The molecule has 0 radical (unpaired) electrons. The fraction of sp³-hybridized carbons (Fsp3) is 0.190. The standard InChI is InChI=1S/C21H19NO/c1-14-10-15(2)12-18(11-14)19-9-8-17-13-20(23-21(17)22-19)16-6-4-3-5-7-16/h3-12,20H,13H2,1-2H3. The SMILES string of the molecule is Cc1cc(C)cc(-c2ccc3c(n2)OC(c2ccccc2)C3)c1. The molecule has 0 saturated heterocycles. The number of ether oxygens (including phenoxy) is 1. The van der Waals surface area contributed by atoms with Crippen molar-refractivity contribution in [1.82, 2.24) is 4.98 Å². The van der Waals surface area contributed by atoms with Crippen molar-refractivity contribution in [2.24, 2.45) is 0 Å². The summed E-state index contributed by atoms with van der Waals surface area (Å²) < 4.78 is 6.10. The summed E-state index contributed by atoms with van der Waals surface area (Å²) in [5, 5.41) is 0. The van der Waals surface area contributed by atoms with E-state index in [9.17, 15) is 0 Å². The lowest BCUT2D eigenvalue weighted by Crippen LogP contribution is -2.02. The third-order valence-corrected chi connectivity index (χ3v) is 4.29. The maximum absolute atomic E-state index is 6.10. The number of fused-ring (bicyclic) bond motifs is 1. The molecule has 0 aliphatic carbocycles. The van der Waals surface area contributed by atoms with E-state index in [1.165, 1.54) is 22.3 Å². The molecule has 2 heteroatoms. The van der Waals surface area contributed by atoms with Crippen LogP contribution in [0.4, 0.5) is 0 Å². The highest BCUT2D eigenvalue weighted by molar-refractivity contribution is 5.62. The van der Waals surface area contributed by atoms with Crippen molar-refractivity contribution < 1.29 is 4.74 Å². The Morgan fingerprint density at radius 3 is 2.39 bits per heavy atom. The topological polar surface area (TPSA) is 22.1 Å². The van der Waals surface area contributed by atoms with E-state index >= 15 is 0 Å². The molecule has 2 aromatic carbocycles. The Labute approximate surface area is 136 Å². The molecular weight excluding hydrogens is 282 g/mol. The Bertz CT molecular complexity index is 835. The summed E-state index contributed by atoms with van der Waals surface area (Å²) in [4.78, 5) is 4.76. The average Bonchev–Trinajstić information content (AvgIpc) is 2.98. The molecule has 0 fully saturated rings. The number of aryl methyl sites for hydroxylation is 2. The predicted molar refractivity (Wildman–Crippen MR) is 92.7 cm³/mol. The number of rotatable bonds is 2. The third kappa shape index (κ3) is 2.72. The van der Waals surface area contributed by atoms with Gasteiger partial charge in [0.25, 0.3) is 0 Å². The lowest BCUT2D eigenvalue weighted by molar-refractivity contribution is 0.231. The summed E-state index contributed by atoms with van der Waals surface area (Å²) in [7, 11) is 0. The second-order valence-electron chi connectivity index (χ2n) is 6.26. The average molecular weight is 301 g/mol. The monoisotopic (exact) mass is 301 g/mol. The van der Waals surface area contributed by atoms with Gasteiger partial charge in [0.2, 0.25) is 5.88 Å². The Hall–Kier alpha value is -2.61. The molecule has 1 unspecified atom stereocenters. The normalized spacial score (nSPS) is 16.0. The van der Waals surface area contributed by atoms with E-state index in [1.54, 1.807) is 0 Å². The smallest absolute Gasteiger partial charge is 0.217 e. The molecule has 0 bridgehead atoms. The van der Waals surface area contributed by atoms with Crippen LogP contribution in [-0.4, -0.2) is 4.98 Å². The summed E-state index contributed by atoms with van der Waals surface area (Å²) in [6.45, 7) is 4.23. The first-order chi connectivity index (χ1) is 11.2. The van der Waals surface area contributed by atoms with Gasteiger partial charge in [-0.1, -0.05) is 53.6 Å². The largest absolute Gasteiger partial charge is 0.469 e. The van der Waals surface area contributed by atoms with E-state index in [2.05, 4.69) is 68.4 Å². The number of pyridine rings is 1. The number of aromatic nitrogens is 1. The molecule has 0 N–H and O–H groups in total. The molecule has 1 atom stereocenters. The number of nitrogens with zero attached hydrogens (tertiary/aromatic N) is 1. The quantitative estimate of drug-likeness (QED) is 0.661. The molecule has 0 amide bonds. The summed E-state index contributed by atoms with van der Waals surface area (Å²) in [6, 6.07) is 21.1. The van der Waals surface area contributed by atoms with E-state index in [4.69, 9.17) is 9.72 Å². The first-order valence-corrected chi connectivity index (χ1v) is 7.99. The number of hydrogen-bond donors (Lipinski definition) is 0. The lowest BCUT2D eigenvalue weighted by atomic mass is 10.0. The molecule has 1 aliphatic heterocycles. The molecule has 114 valence electrons. The molecule has 2 nitrogen and oxygen atoms in total. The van der Waals surface area contributed by atoms with E-state index < -0.39 is 0 Å². The van der Waals surface area contributed by atoms with Gasteiger partial charge in [-0.25, -0.2) is 4.98 Å². The van der Waals surface area contributed by atoms with Crippen molar-refractivity contribution in [3.63, 3.8) is 0 Å². The molecule has 0 saturated carbocycles. The van der Waals surface area contributed by atoms with Gasteiger partial charge in [0, 0.05) is 17.5 Å². The second kappa shape index (κ2) is 5.54.